The summed E-state index contributed by atoms with van der Waals surface area (Å²) in [6, 6.07) is 4.21. The molecule has 0 radical (unpaired) electrons. The number of halogens is 6. The average molecular weight is 281 g/mol. The van der Waals surface area contributed by atoms with E-state index in [-0.39, 0.29) is 0 Å². The minimum absolute atomic E-state index is 1.13. The summed E-state index contributed by atoms with van der Waals surface area (Å²) in [5.74, 6) is 0. The molecule has 0 N–H and O–H groups in total. The fourth-order valence-electron chi connectivity index (χ4n) is 1.05. The van der Waals surface area contributed by atoms with Gasteiger partial charge in [-0.15, -0.1) is 0 Å². The summed E-state index contributed by atoms with van der Waals surface area (Å²) in [7, 11) is -10.7. The number of aromatic nitrogens is 1. The Hall–Kier alpha value is -0.840. The Bertz CT molecular complexity index is 360. The van der Waals surface area contributed by atoms with Gasteiger partial charge in [-0.1, -0.05) is 6.92 Å². The van der Waals surface area contributed by atoms with Gasteiger partial charge in [0, 0.05) is 18.1 Å². The van der Waals surface area contributed by atoms with Gasteiger partial charge in [0.25, 0.3) is 0 Å². The Morgan fingerprint density at radius 1 is 1.12 bits per heavy atom. The Balaban J connectivity index is 0.000000325. The number of nitrogens with zero attached hydrogens (tertiary/aromatic N) is 1. The van der Waals surface area contributed by atoms with Crippen molar-refractivity contribution in [2.24, 2.45) is 0 Å². The SMILES string of the molecule is CCC[n+]1cccc(C)c1.F[P-](F)(F)(F)(F)F. The van der Waals surface area contributed by atoms with E-state index in [1.807, 2.05) is 0 Å². The van der Waals surface area contributed by atoms with Crippen molar-refractivity contribution >= 4 is 7.81 Å². The van der Waals surface area contributed by atoms with Crippen molar-refractivity contribution in [1.29, 1.82) is 0 Å². The average Bonchev–Trinajstić information content (AvgIpc) is 1.98. The van der Waals surface area contributed by atoms with Crippen molar-refractivity contribution in [3.05, 3.63) is 30.1 Å². The molecule has 0 spiro atoms. The first-order valence-electron chi connectivity index (χ1n) is 4.80. The molecule has 8 heteroatoms. The van der Waals surface area contributed by atoms with Crippen LogP contribution in [0, 0.1) is 6.92 Å². The van der Waals surface area contributed by atoms with Gasteiger partial charge in [-0.05, 0) is 13.0 Å². The van der Waals surface area contributed by atoms with Crippen LogP contribution >= 0.6 is 7.81 Å². The maximum atomic E-state index is 9.87. The fraction of sp³-hybridized carbons (Fsp3) is 0.444. The molecule has 0 atom stereocenters. The molecule has 102 valence electrons. The predicted octanol–water partition coefficient (Wildman–Crippen LogP) is 5.07. The van der Waals surface area contributed by atoms with Crippen LogP contribution in [0.5, 0.6) is 0 Å². The predicted molar refractivity (Wildman–Crippen MR) is 55.2 cm³/mol. The quantitative estimate of drug-likeness (QED) is 0.404. The van der Waals surface area contributed by atoms with Gasteiger partial charge >= 0.3 is 33.0 Å². The topological polar surface area (TPSA) is 3.88 Å². The third-order valence-electron chi connectivity index (χ3n) is 1.49. The van der Waals surface area contributed by atoms with Crippen molar-refractivity contribution in [2.45, 2.75) is 26.8 Å². The van der Waals surface area contributed by atoms with Crippen LogP contribution in [0.3, 0.4) is 0 Å². The zero-order valence-corrected chi connectivity index (χ0v) is 10.3. The van der Waals surface area contributed by atoms with E-state index in [4.69, 9.17) is 0 Å². The molecule has 1 aromatic heterocycles. The van der Waals surface area contributed by atoms with E-state index in [9.17, 15) is 25.2 Å². The van der Waals surface area contributed by atoms with E-state index in [1.54, 1.807) is 0 Å². The number of hydrogen-bond donors (Lipinski definition) is 0. The summed E-state index contributed by atoms with van der Waals surface area (Å²) in [6.45, 7) is 5.43. The van der Waals surface area contributed by atoms with Gasteiger partial charge in [0.15, 0.2) is 12.4 Å². The second-order valence-electron chi connectivity index (χ2n) is 3.58. The molecule has 0 aliphatic rings. The maximum absolute atomic E-state index is 10.7. The molecule has 0 amide bonds. The molecule has 1 rings (SSSR count). The van der Waals surface area contributed by atoms with Gasteiger partial charge in [0.2, 0.25) is 0 Å². The van der Waals surface area contributed by atoms with Crippen LogP contribution in [0.25, 0.3) is 0 Å². The molecule has 1 aromatic rings. The van der Waals surface area contributed by atoms with E-state index < -0.39 is 7.81 Å². The molecule has 0 saturated heterocycles. The van der Waals surface area contributed by atoms with Crippen LogP contribution in [0.15, 0.2) is 24.5 Å². The molecular formula is C9H14F6NP. The van der Waals surface area contributed by atoms with Crippen LogP contribution in [-0.4, -0.2) is 0 Å². The molecule has 0 aromatic carbocycles. The van der Waals surface area contributed by atoms with Gasteiger partial charge < -0.3 is 0 Å². The molecule has 17 heavy (non-hydrogen) atoms. The molecule has 0 unspecified atom stereocenters. The monoisotopic (exact) mass is 281 g/mol. The van der Waals surface area contributed by atoms with Gasteiger partial charge in [0.1, 0.15) is 6.54 Å². The van der Waals surface area contributed by atoms with Crippen LogP contribution < -0.4 is 4.57 Å². The molecule has 0 aliphatic carbocycles. The standard InChI is InChI=1S/C9H14N.F6P/c1-3-6-10-7-4-5-9(2)8-10;1-7(2,3,4,5)6/h4-5,7-8H,3,6H2,1-2H3;/q+1;-1. The number of rotatable bonds is 2. The Kier molecular flexibility index (Phi) is 4.22. The van der Waals surface area contributed by atoms with Crippen molar-refractivity contribution < 1.29 is 29.7 Å². The van der Waals surface area contributed by atoms with E-state index >= 15 is 0 Å². The van der Waals surface area contributed by atoms with Crippen LogP contribution in [0.2, 0.25) is 0 Å². The molecule has 1 nitrogen and oxygen atoms in total. The Morgan fingerprint density at radius 2 is 1.59 bits per heavy atom. The van der Waals surface area contributed by atoms with Gasteiger partial charge in [-0.2, -0.15) is 0 Å². The van der Waals surface area contributed by atoms with Crippen LogP contribution in [-0.2, 0) is 6.54 Å². The number of hydrogen-bond acceptors (Lipinski definition) is 0. The minimum atomic E-state index is -10.7. The summed E-state index contributed by atoms with van der Waals surface area (Å²) >= 11 is 0. The molecule has 0 aliphatic heterocycles. The molecule has 0 fully saturated rings. The Morgan fingerprint density at radius 3 is 1.94 bits per heavy atom. The van der Waals surface area contributed by atoms with Crippen molar-refractivity contribution in [3.63, 3.8) is 0 Å². The number of pyridine rings is 1. The molecular weight excluding hydrogens is 267 g/mol. The van der Waals surface area contributed by atoms with E-state index in [1.165, 1.54) is 12.0 Å². The van der Waals surface area contributed by atoms with E-state index in [0.29, 0.717) is 0 Å². The third-order valence-corrected chi connectivity index (χ3v) is 1.49. The van der Waals surface area contributed by atoms with Crippen molar-refractivity contribution in [2.75, 3.05) is 0 Å². The Labute approximate surface area is 95.3 Å². The zero-order valence-electron chi connectivity index (χ0n) is 9.39. The fourth-order valence-corrected chi connectivity index (χ4v) is 1.05. The first-order valence-corrected chi connectivity index (χ1v) is 6.83. The summed E-state index contributed by atoms with van der Waals surface area (Å²) in [5.41, 5.74) is 1.33. The zero-order chi connectivity index (χ0) is 13.8. The van der Waals surface area contributed by atoms with E-state index in [2.05, 4.69) is 42.9 Å². The molecule has 0 saturated carbocycles. The van der Waals surface area contributed by atoms with Gasteiger partial charge in [-0.3, -0.25) is 0 Å². The first kappa shape index (κ1) is 16.2. The third kappa shape index (κ3) is 17.8. The molecule has 1 heterocycles. The van der Waals surface area contributed by atoms with Crippen molar-refractivity contribution in [3.8, 4) is 0 Å². The van der Waals surface area contributed by atoms with Crippen molar-refractivity contribution in [1.82, 2.24) is 0 Å². The van der Waals surface area contributed by atoms with Gasteiger partial charge in [0.05, 0.1) is 0 Å². The first-order chi connectivity index (χ1) is 7.28. The van der Waals surface area contributed by atoms with E-state index in [0.717, 1.165) is 6.54 Å². The number of aryl methyl sites for hydroxylation is 2. The summed E-state index contributed by atoms with van der Waals surface area (Å²) in [6.07, 6.45) is 5.48. The second-order valence-corrected chi connectivity index (χ2v) is 5.49. The second kappa shape index (κ2) is 4.44. The summed E-state index contributed by atoms with van der Waals surface area (Å²) in [4.78, 5) is 0. The normalized spacial score (nSPS) is 15.3. The summed E-state index contributed by atoms with van der Waals surface area (Å²) in [5, 5.41) is 0. The summed E-state index contributed by atoms with van der Waals surface area (Å²) < 4.78 is 61.4. The van der Waals surface area contributed by atoms with Gasteiger partial charge in [-0.25, -0.2) is 4.57 Å². The van der Waals surface area contributed by atoms with Crippen LogP contribution in [0.4, 0.5) is 25.2 Å². The van der Waals surface area contributed by atoms with Crippen LogP contribution in [0.1, 0.15) is 18.9 Å². The molecule has 0 bridgehead atoms.